The lowest BCUT2D eigenvalue weighted by Crippen LogP contribution is -2.36. The maximum absolute atomic E-state index is 13.5. The number of nitrogen functional groups attached to an aromatic ring is 1. The number of hydrogen-bond acceptors (Lipinski definition) is 6. The fourth-order valence-corrected chi connectivity index (χ4v) is 4.04. The lowest BCUT2D eigenvalue weighted by atomic mass is 10.1. The van der Waals surface area contributed by atoms with Crippen molar-refractivity contribution in [2.24, 2.45) is 0 Å². The summed E-state index contributed by atoms with van der Waals surface area (Å²) in [6.07, 6.45) is 4.65. The molecule has 1 aromatic carbocycles. The number of nitrogens with zero attached hydrogens (tertiary/aromatic N) is 4. The van der Waals surface area contributed by atoms with Gasteiger partial charge in [-0.2, -0.15) is 0 Å². The second kappa shape index (κ2) is 7.84. The molecular weight excluding hydrogens is 399 g/mol. The summed E-state index contributed by atoms with van der Waals surface area (Å²) >= 11 is 0. The maximum Gasteiger partial charge on any atom is 0.334 e. The number of halogens is 1. The summed E-state index contributed by atoms with van der Waals surface area (Å²) in [4.78, 5) is 21.6. The molecule has 1 aliphatic rings. The number of ether oxygens (including phenoxy) is 1. The van der Waals surface area contributed by atoms with Gasteiger partial charge in [0.15, 0.2) is 0 Å². The standard InChI is InChI=1S/C22H21FN6O2/c23-14-3-8-19(27-12-14)31-17-6-4-15(5-7-17)29-20-18(9-11-26-21(20)24)28(22(29)30)16-2-1-10-25-13-16/h3-9,11-12,16,25H,1-2,10,13H2,(H2,24,26)/t16-/m1/s1. The van der Waals surface area contributed by atoms with Gasteiger partial charge in [0.25, 0.3) is 0 Å². The summed E-state index contributed by atoms with van der Waals surface area (Å²) in [7, 11) is 0. The van der Waals surface area contributed by atoms with Crippen molar-refractivity contribution < 1.29 is 9.13 Å². The number of aromatic nitrogens is 4. The van der Waals surface area contributed by atoms with Gasteiger partial charge in [-0.15, -0.1) is 0 Å². The van der Waals surface area contributed by atoms with Gasteiger partial charge in [-0.25, -0.2) is 19.2 Å². The number of nitrogens with two attached hydrogens (primary N) is 1. The molecule has 3 aromatic heterocycles. The normalized spacial score (nSPS) is 16.5. The first-order valence-corrected chi connectivity index (χ1v) is 10.1. The van der Waals surface area contributed by atoms with E-state index in [2.05, 4.69) is 15.3 Å². The Labute approximate surface area is 177 Å². The number of piperidine rings is 1. The van der Waals surface area contributed by atoms with E-state index in [1.165, 1.54) is 12.1 Å². The SMILES string of the molecule is Nc1nccc2c1n(-c1ccc(Oc3ccc(F)cn3)cc1)c(=O)n2[C@@H]1CCCNC1. The fourth-order valence-electron chi connectivity index (χ4n) is 4.04. The smallest absolute Gasteiger partial charge is 0.334 e. The molecular formula is C22H21FN6O2. The van der Waals surface area contributed by atoms with Gasteiger partial charge in [0.2, 0.25) is 5.88 Å². The summed E-state index contributed by atoms with van der Waals surface area (Å²) in [6, 6.07) is 11.6. The molecule has 0 radical (unpaired) electrons. The molecule has 1 aliphatic heterocycles. The van der Waals surface area contributed by atoms with Crippen molar-refractivity contribution in [3.05, 3.63) is 71.2 Å². The van der Waals surface area contributed by atoms with Crippen LogP contribution < -0.4 is 21.5 Å². The van der Waals surface area contributed by atoms with Gasteiger partial charge in [0, 0.05) is 18.8 Å². The number of benzene rings is 1. The highest BCUT2D eigenvalue weighted by Gasteiger charge is 2.24. The highest BCUT2D eigenvalue weighted by Crippen LogP contribution is 2.28. The molecule has 0 aliphatic carbocycles. The molecule has 8 nitrogen and oxygen atoms in total. The Hall–Kier alpha value is -3.72. The summed E-state index contributed by atoms with van der Waals surface area (Å²) in [5, 5.41) is 3.36. The highest BCUT2D eigenvalue weighted by atomic mass is 19.1. The van der Waals surface area contributed by atoms with Crippen LogP contribution in [0.3, 0.4) is 0 Å². The van der Waals surface area contributed by atoms with E-state index in [-0.39, 0.29) is 17.6 Å². The molecule has 9 heteroatoms. The van der Waals surface area contributed by atoms with Gasteiger partial charge in [-0.1, -0.05) is 0 Å². The first-order valence-electron chi connectivity index (χ1n) is 10.1. The summed E-state index contributed by atoms with van der Waals surface area (Å²) < 4.78 is 22.1. The third-order valence-electron chi connectivity index (χ3n) is 5.47. The fraction of sp³-hybridized carbons (Fsp3) is 0.227. The molecule has 4 heterocycles. The second-order valence-corrected chi connectivity index (χ2v) is 7.46. The predicted molar refractivity (Wildman–Crippen MR) is 115 cm³/mol. The Balaban J connectivity index is 1.56. The van der Waals surface area contributed by atoms with Crippen molar-refractivity contribution >= 4 is 16.9 Å². The largest absolute Gasteiger partial charge is 0.439 e. The number of fused-ring (bicyclic) bond motifs is 1. The summed E-state index contributed by atoms with van der Waals surface area (Å²) in [5.41, 5.74) is 8.04. The minimum absolute atomic E-state index is 0.0546. The van der Waals surface area contributed by atoms with E-state index < -0.39 is 5.82 Å². The summed E-state index contributed by atoms with van der Waals surface area (Å²) in [6.45, 7) is 1.69. The van der Waals surface area contributed by atoms with E-state index in [9.17, 15) is 9.18 Å². The lowest BCUT2D eigenvalue weighted by Gasteiger charge is -2.23. The van der Waals surface area contributed by atoms with Crippen LogP contribution in [0.15, 0.2) is 59.7 Å². The van der Waals surface area contributed by atoms with Crippen LogP contribution in [0, 0.1) is 5.82 Å². The number of anilines is 1. The summed E-state index contributed by atoms with van der Waals surface area (Å²) in [5.74, 6) is 0.661. The molecule has 0 bridgehead atoms. The van der Waals surface area contributed by atoms with Crippen LogP contribution in [0.4, 0.5) is 10.2 Å². The first kappa shape index (κ1) is 19.3. The quantitative estimate of drug-likeness (QED) is 0.526. The minimum Gasteiger partial charge on any atom is -0.439 e. The lowest BCUT2D eigenvalue weighted by molar-refractivity contribution is 0.370. The van der Waals surface area contributed by atoms with E-state index in [1.54, 1.807) is 35.0 Å². The van der Waals surface area contributed by atoms with Crippen LogP contribution in [-0.4, -0.2) is 32.2 Å². The number of rotatable bonds is 4. The predicted octanol–water partition coefficient (Wildman–Crippen LogP) is 3.02. The molecule has 1 atom stereocenters. The van der Waals surface area contributed by atoms with Gasteiger partial charge in [-0.3, -0.25) is 9.13 Å². The van der Waals surface area contributed by atoms with Gasteiger partial charge in [0.1, 0.15) is 22.9 Å². The Kier molecular flexibility index (Phi) is 4.87. The number of nitrogens with one attached hydrogen (secondary N) is 1. The third-order valence-corrected chi connectivity index (χ3v) is 5.47. The van der Waals surface area contributed by atoms with Crippen molar-refractivity contribution in [1.29, 1.82) is 0 Å². The molecule has 5 rings (SSSR count). The van der Waals surface area contributed by atoms with Gasteiger partial charge in [0.05, 0.1) is 23.4 Å². The zero-order valence-electron chi connectivity index (χ0n) is 16.7. The average molecular weight is 420 g/mol. The molecule has 4 aromatic rings. The van der Waals surface area contributed by atoms with E-state index in [1.807, 2.05) is 10.6 Å². The van der Waals surface area contributed by atoms with Crippen LogP contribution in [0.1, 0.15) is 18.9 Å². The third kappa shape index (κ3) is 3.53. The molecule has 158 valence electrons. The van der Waals surface area contributed by atoms with Crippen molar-refractivity contribution in [3.63, 3.8) is 0 Å². The van der Waals surface area contributed by atoms with Crippen molar-refractivity contribution in [2.75, 3.05) is 18.8 Å². The minimum atomic E-state index is -0.433. The Bertz CT molecular complexity index is 1270. The monoisotopic (exact) mass is 420 g/mol. The highest BCUT2D eigenvalue weighted by molar-refractivity contribution is 5.87. The molecule has 0 amide bonds. The zero-order valence-corrected chi connectivity index (χ0v) is 16.7. The van der Waals surface area contributed by atoms with Crippen molar-refractivity contribution in [1.82, 2.24) is 24.4 Å². The molecule has 31 heavy (non-hydrogen) atoms. The number of pyridine rings is 2. The number of hydrogen-bond donors (Lipinski definition) is 2. The number of imidazole rings is 1. The van der Waals surface area contributed by atoms with Crippen LogP contribution in [-0.2, 0) is 0 Å². The Morgan fingerprint density at radius 2 is 1.97 bits per heavy atom. The molecule has 1 fully saturated rings. The van der Waals surface area contributed by atoms with E-state index in [0.29, 0.717) is 22.8 Å². The van der Waals surface area contributed by atoms with Crippen LogP contribution in [0.5, 0.6) is 11.6 Å². The molecule has 0 spiro atoms. The van der Waals surface area contributed by atoms with E-state index in [4.69, 9.17) is 10.5 Å². The van der Waals surface area contributed by atoms with E-state index >= 15 is 0 Å². The zero-order chi connectivity index (χ0) is 21.4. The maximum atomic E-state index is 13.5. The van der Waals surface area contributed by atoms with Crippen molar-refractivity contribution in [3.8, 4) is 17.3 Å². The van der Waals surface area contributed by atoms with Gasteiger partial charge >= 0.3 is 5.69 Å². The van der Waals surface area contributed by atoms with Crippen LogP contribution >= 0.6 is 0 Å². The molecule has 3 N–H and O–H groups in total. The molecule has 0 unspecified atom stereocenters. The van der Waals surface area contributed by atoms with Crippen LogP contribution in [0.2, 0.25) is 0 Å². The first-order chi connectivity index (χ1) is 15.1. The van der Waals surface area contributed by atoms with Crippen molar-refractivity contribution in [2.45, 2.75) is 18.9 Å². The topological polar surface area (TPSA) is 100.0 Å². The van der Waals surface area contributed by atoms with E-state index in [0.717, 1.165) is 37.6 Å². The van der Waals surface area contributed by atoms with Gasteiger partial charge in [-0.05, 0) is 55.8 Å². The van der Waals surface area contributed by atoms with Crippen LogP contribution in [0.25, 0.3) is 16.7 Å². The second-order valence-electron chi connectivity index (χ2n) is 7.46. The van der Waals surface area contributed by atoms with Gasteiger partial charge < -0.3 is 15.8 Å². The Morgan fingerprint density at radius 3 is 2.68 bits per heavy atom. The Morgan fingerprint density at radius 1 is 1.13 bits per heavy atom. The molecule has 1 saturated heterocycles. The average Bonchev–Trinajstić information content (AvgIpc) is 3.09. The molecule has 0 saturated carbocycles.